The Labute approximate surface area is 122 Å². The Bertz CT molecular complexity index is 424. The Kier molecular flexibility index (Phi) is 7.02. The third-order valence-electron chi connectivity index (χ3n) is 2.65. The summed E-state index contributed by atoms with van der Waals surface area (Å²) in [5, 5.41) is 5.84. The summed E-state index contributed by atoms with van der Waals surface area (Å²) in [4.78, 5) is 11.5. The number of carbonyl (C=O) groups is 1. The normalized spacial score (nSPS) is 10.8. The van der Waals surface area contributed by atoms with E-state index >= 15 is 0 Å². The molecule has 0 saturated carbocycles. The molecule has 0 radical (unpaired) electrons. The zero-order valence-corrected chi connectivity index (χ0v) is 12.9. The van der Waals surface area contributed by atoms with Crippen LogP contribution in [0.2, 0.25) is 0 Å². The summed E-state index contributed by atoms with van der Waals surface area (Å²) in [5.74, 6) is 0.270. The fourth-order valence-corrected chi connectivity index (χ4v) is 1.94. The van der Waals surface area contributed by atoms with Gasteiger partial charge in [0.1, 0.15) is 5.82 Å². The van der Waals surface area contributed by atoms with E-state index in [1.165, 1.54) is 12.1 Å². The molecule has 0 unspecified atom stereocenters. The lowest BCUT2D eigenvalue weighted by Gasteiger charge is -2.09. The van der Waals surface area contributed by atoms with Gasteiger partial charge in [-0.1, -0.05) is 29.8 Å². The van der Waals surface area contributed by atoms with Gasteiger partial charge in [0.25, 0.3) is 0 Å². The molecule has 3 nitrogen and oxygen atoms in total. The first-order valence-corrected chi connectivity index (χ1v) is 7.19. The quantitative estimate of drug-likeness (QED) is 0.807. The second kappa shape index (κ2) is 8.27. The van der Waals surface area contributed by atoms with E-state index in [0.717, 1.165) is 16.5 Å². The highest BCUT2D eigenvalue weighted by Gasteiger charge is 2.04. The third kappa shape index (κ3) is 6.68. The van der Waals surface area contributed by atoms with E-state index in [0.29, 0.717) is 19.0 Å². The molecule has 0 aliphatic rings. The lowest BCUT2D eigenvalue weighted by Crippen LogP contribution is -2.34. The van der Waals surface area contributed by atoms with Crippen molar-refractivity contribution >= 4 is 21.8 Å². The summed E-state index contributed by atoms with van der Waals surface area (Å²) in [6, 6.07) is 4.51. The van der Waals surface area contributed by atoms with Crippen molar-refractivity contribution in [2.75, 3.05) is 13.1 Å². The maximum atomic E-state index is 13.0. The van der Waals surface area contributed by atoms with E-state index in [1.54, 1.807) is 6.07 Å². The number of benzene rings is 1. The van der Waals surface area contributed by atoms with Crippen LogP contribution in [0.4, 0.5) is 4.39 Å². The molecule has 1 aromatic carbocycles. The molecule has 0 saturated heterocycles. The number of amides is 1. The number of rotatable bonds is 7. The molecular weight excluding hydrogens is 311 g/mol. The Morgan fingerprint density at radius 2 is 2.16 bits per heavy atom. The molecule has 1 rings (SSSR count). The highest BCUT2D eigenvalue weighted by molar-refractivity contribution is 9.10. The number of hydrogen-bond donors (Lipinski definition) is 2. The van der Waals surface area contributed by atoms with Gasteiger partial charge in [-0.15, -0.1) is 0 Å². The van der Waals surface area contributed by atoms with E-state index in [4.69, 9.17) is 0 Å². The average molecular weight is 331 g/mol. The summed E-state index contributed by atoms with van der Waals surface area (Å²) >= 11 is 3.35. The van der Waals surface area contributed by atoms with Crippen molar-refractivity contribution in [2.45, 2.75) is 26.8 Å². The monoisotopic (exact) mass is 330 g/mol. The molecule has 106 valence electrons. The van der Waals surface area contributed by atoms with E-state index in [1.807, 2.05) is 0 Å². The lowest BCUT2D eigenvalue weighted by atomic mass is 10.1. The van der Waals surface area contributed by atoms with Crippen LogP contribution in [0.3, 0.4) is 0 Å². The first-order valence-electron chi connectivity index (χ1n) is 6.40. The van der Waals surface area contributed by atoms with Gasteiger partial charge in [-0.25, -0.2) is 4.39 Å². The number of carbonyl (C=O) groups excluding carboxylic acids is 1. The largest absolute Gasteiger partial charge is 0.355 e. The highest BCUT2D eigenvalue weighted by Crippen LogP contribution is 2.17. The van der Waals surface area contributed by atoms with Crippen molar-refractivity contribution in [3.63, 3.8) is 0 Å². The molecule has 5 heteroatoms. The number of halogens is 2. The topological polar surface area (TPSA) is 41.1 Å². The summed E-state index contributed by atoms with van der Waals surface area (Å²) < 4.78 is 13.9. The van der Waals surface area contributed by atoms with Crippen molar-refractivity contribution in [1.29, 1.82) is 0 Å². The van der Waals surface area contributed by atoms with Crippen molar-refractivity contribution in [1.82, 2.24) is 10.6 Å². The average Bonchev–Trinajstić information content (AvgIpc) is 2.33. The molecule has 2 N–H and O–H groups in total. The molecule has 1 amide bonds. The van der Waals surface area contributed by atoms with E-state index in [-0.39, 0.29) is 18.3 Å². The van der Waals surface area contributed by atoms with Crippen LogP contribution in [0.1, 0.15) is 25.8 Å². The summed E-state index contributed by atoms with van der Waals surface area (Å²) in [6.07, 6.45) is 0.973. The van der Waals surface area contributed by atoms with Crippen LogP contribution < -0.4 is 10.6 Å². The fraction of sp³-hybridized carbons (Fsp3) is 0.500. The number of nitrogens with one attached hydrogen (secondary N) is 2. The van der Waals surface area contributed by atoms with Crippen LogP contribution in [-0.2, 0) is 11.3 Å². The molecule has 0 aliphatic carbocycles. The zero-order valence-electron chi connectivity index (χ0n) is 11.3. The molecule has 19 heavy (non-hydrogen) atoms. The molecule has 0 fully saturated rings. The molecule has 0 aromatic heterocycles. The van der Waals surface area contributed by atoms with Crippen LogP contribution in [-0.4, -0.2) is 19.0 Å². The van der Waals surface area contributed by atoms with E-state index < -0.39 is 0 Å². The van der Waals surface area contributed by atoms with E-state index in [9.17, 15) is 9.18 Å². The van der Waals surface area contributed by atoms with Crippen molar-refractivity contribution in [3.05, 3.63) is 34.1 Å². The van der Waals surface area contributed by atoms with E-state index in [2.05, 4.69) is 40.4 Å². The van der Waals surface area contributed by atoms with Crippen LogP contribution in [0.25, 0.3) is 0 Å². The Hall–Kier alpha value is -0.940. The Balaban J connectivity index is 2.26. The third-order valence-corrected chi connectivity index (χ3v) is 3.43. The minimum atomic E-state index is -0.276. The Morgan fingerprint density at radius 1 is 1.42 bits per heavy atom. The van der Waals surface area contributed by atoms with Crippen LogP contribution >= 0.6 is 15.9 Å². The molecular formula is C14H20BrFN2O. The van der Waals surface area contributed by atoms with Gasteiger partial charge < -0.3 is 10.6 Å². The van der Waals surface area contributed by atoms with Crippen LogP contribution in [0.5, 0.6) is 0 Å². The number of hydrogen-bond acceptors (Lipinski definition) is 2. The zero-order chi connectivity index (χ0) is 14.3. The first kappa shape index (κ1) is 16.1. The fourth-order valence-electron chi connectivity index (χ4n) is 1.55. The van der Waals surface area contributed by atoms with Crippen molar-refractivity contribution < 1.29 is 9.18 Å². The highest BCUT2D eigenvalue weighted by atomic mass is 79.9. The van der Waals surface area contributed by atoms with Crippen LogP contribution in [0, 0.1) is 11.7 Å². The maximum Gasteiger partial charge on any atom is 0.233 e. The molecule has 0 spiro atoms. The van der Waals surface area contributed by atoms with Crippen molar-refractivity contribution in [3.8, 4) is 0 Å². The molecule has 0 heterocycles. The maximum absolute atomic E-state index is 13.0. The van der Waals surface area contributed by atoms with Crippen molar-refractivity contribution in [2.24, 2.45) is 5.92 Å². The summed E-state index contributed by atoms with van der Waals surface area (Å²) in [6.45, 7) is 5.62. The molecule has 0 atom stereocenters. The van der Waals surface area contributed by atoms with Gasteiger partial charge >= 0.3 is 0 Å². The van der Waals surface area contributed by atoms with Crippen LogP contribution in [0.15, 0.2) is 22.7 Å². The second-order valence-electron chi connectivity index (χ2n) is 4.87. The van der Waals surface area contributed by atoms with Gasteiger partial charge in [0.05, 0.1) is 6.54 Å². The lowest BCUT2D eigenvalue weighted by molar-refractivity contribution is -0.120. The Morgan fingerprint density at radius 3 is 2.84 bits per heavy atom. The second-order valence-corrected chi connectivity index (χ2v) is 5.73. The predicted octanol–water partition coefficient (Wildman–Crippen LogP) is 2.84. The molecule has 0 aliphatic heterocycles. The standard InChI is InChI=1S/C14H20BrFN2O/c1-10(2)5-6-18-14(19)9-17-8-11-7-12(16)3-4-13(11)15/h3-4,7,10,17H,5-6,8-9H2,1-2H3,(H,18,19). The van der Waals surface area contributed by atoms with Gasteiger partial charge in [-0.05, 0) is 36.1 Å². The first-order chi connectivity index (χ1) is 8.99. The van der Waals surface area contributed by atoms with Gasteiger partial charge in [0.15, 0.2) is 0 Å². The van der Waals surface area contributed by atoms with Gasteiger partial charge in [-0.3, -0.25) is 4.79 Å². The smallest absolute Gasteiger partial charge is 0.233 e. The predicted molar refractivity (Wildman–Crippen MR) is 78.3 cm³/mol. The SMILES string of the molecule is CC(C)CCNC(=O)CNCc1cc(F)ccc1Br. The summed E-state index contributed by atoms with van der Waals surface area (Å²) in [5.41, 5.74) is 0.801. The van der Waals surface area contributed by atoms with Gasteiger partial charge in [-0.2, -0.15) is 0 Å². The molecule has 0 bridgehead atoms. The van der Waals surface area contributed by atoms with Gasteiger partial charge in [0.2, 0.25) is 5.91 Å². The van der Waals surface area contributed by atoms with Gasteiger partial charge in [0, 0.05) is 17.6 Å². The minimum absolute atomic E-state index is 0.0341. The molecule has 1 aromatic rings. The minimum Gasteiger partial charge on any atom is -0.355 e. The summed E-state index contributed by atoms with van der Waals surface area (Å²) in [7, 11) is 0.